The van der Waals surface area contributed by atoms with Gasteiger partial charge >= 0.3 is 0 Å². The van der Waals surface area contributed by atoms with Gasteiger partial charge in [-0.3, -0.25) is 0 Å². The highest BCUT2D eigenvalue weighted by atomic mass is 16.5. The Morgan fingerprint density at radius 3 is 3.18 bits per heavy atom. The van der Waals surface area contributed by atoms with Gasteiger partial charge < -0.3 is 15.6 Å². The van der Waals surface area contributed by atoms with Crippen molar-refractivity contribution in [2.45, 2.75) is 43.8 Å². The minimum atomic E-state index is -0.698. The van der Waals surface area contributed by atoms with Crippen LogP contribution in [0.15, 0.2) is 18.3 Å². The van der Waals surface area contributed by atoms with Crippen molar-refractivity contribution in [1.29, 1.82) is 0 Å². The molecular weight excluding hydrogens is 216 g/mol. The summed E-state index contributed by atoms with van der Waals surface area (Å²) in [5.41, 5.74) is 6.03. The molecule has 4 heteroatoms. The van der Waals surface area contributed by atoms with Crippen LogP contribution in [0, 0.1) is 0 Å². The number of pyridine rings is 1. The largest absolute Gasteiger partial charge is 0.389 e. The summed E-state index contributed by atoms with van der Waals surface area (Å²) in [6, 6.07) is 3.78. The van der Waals surface area contributed by atoms with Crippen molar-refractivity contribution in [3.8, 4) is 0 Å². The second-order valence-corrected chi connectivity index (χ2v) is 4.90. The molecule has 17 heavy (non-hydrogen) atoms. The first-order valence-corrected chi connectivity index (χ1v) is 6.07. The summed E-state index contributed by atoms with van der Waals surface area (Å²) in [7, 11) is 1.70. The lowest BCUT2D eigenvalue weighted by atomic mass is 9.79. The fourth-order valence-electron chi connectivity index (χ4n) is 2.60. The van der Waals surface area contributed by atoms with Crippen molar-refractivity contribution < 1.29 is 9.84 Å². The maximum atomic E-state index is 10.6. The fraction of sp³-hybridized carbons (Fsp3) is 0.615. The molecule has 94 valence electrons. The molecule has 0 radical (unpaired) electrons. The number of nitrogen functional groups attached to an aromatic ring is 1. The SMILES string of the molecule is COC1CCCC(O)(Cc2cccnc2N)C1. The Labute approximate surface area is 102 Å². The van der Waals surface area contributed by atoms with Crippen molar-refractivity contribution in [3.63, 3.8) is 0 Å². The maximum Gasteiger partial charge on any atom is 0.126 e. The third-order valence-electron chi connectivity index (χ3n) is 3.55. The molecule has 4 nitrogen and oxygen atoms in total. The van der Waals surface area contributed by atoms with Gasteiger partial charge in [0.25, 0.3) is 0 Å². The number of hydrogen-bond acceptors (Lipinski definition) is 4. The molecule has 2 rings (SSSR count). The van der Waals surface area contributed by atoms with E-state index >= 15 is 0 Å². The Balaban J connectivity index is 2.09. The molecule has 1 heterocycles. The summed E-state index contributed by atoms with van der Waals surface area (Å²) in [6.07, 6.45) is 5.90. The third-order valence-corrected chi connectivity index (χ3v) is 3.55. The van der Waals surface area contributed by atoms with Crippen molar-refractivity contribution in [1.82, 2.24) is 4.98 Å². The lowest BCUT2D eigenvalue weighted by Crippen LogP contribution is -2.40. The van der Waals surface area contributed by atoms with E-state index in [1.807, 2.05) is 12.1 Å². The Kier molecular flexibility index (Phi) is 3.64. The van der Waals surface area contributed by atoms with E-state index in [2.05, 4.69) is 4.98 Å². The predicted octanol–water partition coefficient (Wildman–Crippen LogP) is 1.53. The number of ether oxygens (including phenoxy) is 1. The van der Waals surface area contributed by atoms with E-state index < -0.39 is 5.60 Å². The van der Waals surface area contributed by atoms with E-state index in [9.17, 15) is 5.11 Å². The normalized spacial score (nSPS) is 29.2. The van der Waals surface area contributed by atoms with Gasteiger partial charge in [-0.1, -0.05) is 6.07 Å². The quantitative estimate of drug-likeness (QED) is 0.835. The molecule has 1 saturated carbocycles. The lowest BCUT2D eigenvalue weighted by molar-refractivity contribution is -0.0580. The zero-order valence-electron chi connectivity index (χ0n) is 10.2. The Hall–Kier alpha value is -1.13. The summed E-state index contributed by atoms with van der Waals surface area (Å²) in [4.78, 5) is 4.05. The van der Waals surface area contributed by atoms with E-state index in [0.717, 1.165) is 24.8 Å². The Morgan fingerprint density at radius 1 is 1.65 bits per heavy atom. The van der Waals surface area contributed by atoms with Crippen LogP contribution in [0.3, 0.4) is 0 Å². The molecule has 0 aromatic carbocycles. The summed E-state index contributed by atoms with van der Waals surface area (Å²) < 4.78 is 5.35. The van der Waals surface area contributed by atoms with Crippen molar-refractivity contribution in [2.24, 2.45) is 0 Å². The lowest BCUT2D eigenvalue weighted by Gasteiger charge is -2.36. The molecule has 2 atom stereocenters. The van der Waals surface area contributed by atoms with Crippen LogP contribution in [-0.2, 0) is 11.2 Å². The summed E-state index contributed by atoms with van der Waals surface area (Å²) in [5.74, 6) is 0.514. The van der Waals surface area contributed by atoms with Gasteiger partial charge in [0.2, 0.25) is 0 Å². The Bertz CT molecular complexity index is 383. The first-order chi connectivity index (χ1) is 8.13. The van der Waals surface area contributed by atoms with Crippen LogP contribution >= 0.6 is 0 Å². The standard InChI is InChI=1S/C13H20N2O2/c1-17-11-5-2-6-13(16,9-11)8-10-4-3-7-15-12(10)14/h3-4,7,11,16H,2,5-6,8-9H2,1H3,(H2,14,15). The van der Waals surface area contributed by atoms with Gasteiger partial charge in [-0.25, -0.2) is 4.98 Å². The number of anilines is 1. The highest BCUT2D eigenvalue weighted by molar-refractivity contribution is 5.39. The van der Waals surface area contributed by atoms with Gasteiger partial charge in [-0.15, -0.1) is 0 Å². The zero-order valence-corrected chi connectivity index (χ0v) is 10.2. The number of rotatable bonds is 3. The van der Waals surface area contributed by atoms with E-state index in [1.54, 1.807) is 13.3 Å². The molecule has 0 aliphatic heterocycles. The molecule has 1 aliphatic carbocycles. The van der Waals surface area contributed by atoms with Crippen LogP contribution in [0.5, 0.6) is 0 Å². The average molecular weight is 236 g/mol. The molecule has 1 aromatic rings. The second-order valence-electron chi connectivity index (χ2n) is 4.90. The number of methoxy groups -OCH3 is 1. The monoisotopic (exact) mass is 236 g/mol. The van der Waals surface area contributed by atoms with Crippen LogP contribution in [-0.4, -0.2) is 28.9 Å². The summed E-state index contributed by atoms with van der Waals surface area (Å²) >= 11 is 0. The zero-order chi connectivity index (χ0) is 12.3. The minimum Gasteiger partial charge on any atom is -0.389 e. The van der Waals surface area contributed by atoms with Crippen LogP contribution in [0.4, 0.5) is 5.82 Å². The van der Waals surface area contributed by atoms with Crippen LogP contribution in [0.1, 0.15) is 31.2 Å². The second kappa shape index (κ2) is 5.02. The van der Waals surface area contributed by atoms with Gasteiger partial charge in [-0.2, -0.15) is 0 Å². The average Bonchev–Trinajstić information content (AvgIpc) is 2.32. The molecule has 0 spiro atoms. The van der Waals surface area contributed by atoms with Gasteiger partial charge in [0.1, 0.15) is 5.82 Å². The first-order valence-electron chi connectivity index (χ1n) is 6.07. The molecule has 2 unspecified atom stereocenters. The molecule has 1 aromatic heterocycles. The minimum absolute atomic E-state index is 0.159. The number of aliphatic hydroxyl groups is 1. The number of nitrogens with two attached hydrogens (primary N) is 1. The maximum absolute atomic E-state index is 10.6. The molecule has 0 amide bonds. The van der Waals surface area contributed by atoms with Gasteiger partial charge in [0.05, 0.1) is 11.7 Å². The summed E-state index contributed by atoms with van der Waals surface area (Å²) in [5, 5.41) is 10.6. The fourth-order valence-corrected chi connectivity index (χ4v) is 2.60. The van der Waals surface area contributed by atoms with Crippen molar-refractivity contribution in [2.75, 3.05) is 12.8 Å². The molecule has 0 saturated heterocycles. The smallest absolute Gasteiger partial charge is 0.126 e. The number of nitrogens with zero attached hydrogens (tertiary/aromatic N) is 1. The number of aromatic nitrogens is 1. The molecule has 1 aliphatic rings. The summed E-state index contributed by atoms with van der Waals surface area (Å²) in [6.45, 7) is 0. The van der Waals surface area contributed by atoms with Gasteiger partial charge in [-0.05, 0) is 30.9 Å². The van der Waals surface area contributed by atoms with E-state index in [4.69, 9.17) is 10.5 Å². The highest BCUT2D eigenvalue weighted by Gasteiger charge is 2.35. The molecule has 0 bridgehead atoms. The van der Waals surface area contributed by atoms with E-state index in [0.29, 0.717) is 18.7 Å². The van der Waals surface area contributed by atoms with Crippen LogP contribution in [0.2, 0.25) is 0 Å². The van der Waals surface area contributed by atoms with E-state index in [-0.39, 0.29) is 6.10 Å². The molecular formula is C13H20N2O2. The highest BCUT2D eigenvalue weighted by Crippen LogP contribution is 2.33. The molecule has 1 fully saturated rings. The molecule has 3 N–H and O–H groups in total. The van der Waals surface area contributed by atoms with Crippen molar-refractivity contribution in [3.05, 3.63) is 23.9 Å². The van der Waals surface area contributed by atoms with Crippen LogP contribution in [0.25, 0.3) is 0 Å². The first kappa shape index (κ1) is 12.3. The predicted molar refractivity (Wildman–Crippen MR) is 66.6 cm³/mol. The van der Waals surface area contributed by atoms with Gasteiger partial charge in [0, 0.05) is 26.1 Å². The topological polar surface area (TPSA) is 68.4 Å². The van der Waals surface area contributed by atoms with Crippen LogP contribution < -0.4 is 5.73 Å². The van der Waals surface area contributed by atoms with Gasteiger partial charge in [0.15, 0.2) is 0 Å². The number of hydrogen-bond donors (Lipinski definition) is 2. The van der Waals surface area contributed by atoms with E-state index in [1.165, 1.54) is 0 Å². The third kappa shape index (κ3) is 2.96. The van der Waals surface area contributed by atoms with Crippen molar-refractivity contribution >= 4 is 5.82 Å². The Morgan fingerprint density at radius 2 is 2.47 bits per heavy atom.